The molecule has 0 aliphatic carbocycles. The predicted molar refractivity (Wildman–Crippen MR) is 80.6 cm³/mol. The van der Waals surface area contributed by atoms with Crippen LogP contribution in [0.3, 0.4) is 0 Å². The standard InChI is InChI=1S/C10H12N4O2.C4H4O4/c15-9-7-5-12-10(13-8(7)6-16-9)14-3-1-11-2-4-14;5-3(6)1-2-4(7)8/h5,11H,1-4,6H2;1-2H,(H,5,6)(H,7,8). The van der Waals surface area contributed by atoms with E-state index in [1.54, 1.807) is 6.20 Å². The Balaban J connectivity index is 0.000000224. The first-order valence-corrected chi connectivity index (χ1v) is 7.10. The van der Waals surface area contributed by atoms with Gasteiger partial charge in [-0.25, -0.2) is 24.4 Å². The molecule has 128 valence electrons. The van der Waals surface area contributed by atoms with Gasteiger partial charge in [0, 0.05) is 44.5 Å². The number of nitrogens with zero attached hydrogens (tertiary/aromatic N) is 3. The molecule has 0 spiro atoms. The highest BCUT2D eigenvalue weighted by Crippen LogP contribution is 2.19. The topological polar surface area (TPSA) is 142 Å². The van der Waals surface area contributed by atoms with E-state index in [-0.39, 0.29) is 12.6 Å². The first-order valence-electron chi connectivity index (χ1n) is 7.10. The zero-order valence-corrected chi connectivity index (χ0v) is 12.6. The van der Waals surface area contributed by atoms with Crippen molar-refractivity contribution in [3.8, 4) is 0 Å². The minimum atomic E-state index is -1.26. The van der Waals surface area contributed by atoms with Crippen molar-refractivity contribution in [2.24, 2.45) is 0 Å². The fraction of sp³-hybridized carbons (Fsp3) is 0.357. The molecule has 2 aliphatic heterocycles. The molecular formula is C14H16N4O6. The monoisotopic (exact) mass is 336 g/mol. The van der Waals surface area contributed by atoms with Crippen molar-refractivity contribution in [2.45, 2.75) is 6.61 Å². The van der Waals surface area contributed by atoms with Gasteiger partial charge in [-0.05, 0) is 0 Å². The number of ether oxygens (including phenoxy) is 1. The smallest absolute Gasteiger partial charge is 0.342 e. The number of cyclic esters (lactones) is 1. The van der Waals surface area contributed by atoms with Crippen LogP contribution in [0.25, 0.3) is 0 Å². The second-order valence-electron chi connectivity index (χ2n) is 4.85. The number of rotatable bonds is 3. The van der Waals surface area contributed by atoms with E-state index in [4.69, 9.17) is 14.9 Å². The van der Waals surface area contributed by atoms with Crippen molar-refractivity contribution >= 4 is 23.9 Å². The van der Waals surface area contributed by atoms with Gasteiger partial charge in [0.25, 0.3) is 0 Å². The van der Waals surface area contributed by atoms with Gasteiger partial charge in [0.15, 0.2) is 0 Å². The van der Waals surface area contributed by atoms with E-state index < -0.39 is 11.9 Å². The molecule has 3 heterocycles. The summed E-state index contributed by atoms with van der Waals surface area (Å²) in [6.07, 6.45) is 2.68. The quantitative estimate of drug-likeness (QED) is 0.477. The number of aliphatic carboxylic acids is 2. The van der Waals surface area contributed by atoms with Gasteiger partial charge >= 0.3 is 17.9 Å². The highest BCUT2D eigenvalue weighted by Gasteiger charge is 2.24. The van der Waals surface area contributed by atoms with E-state index in [1.807, 2.05) is 0 Å². The molecule has 3 rings (SSSR count). The Hall–Kier alpha value is -3.01. The molecule has 10 heteroatoms. The second kappa shape index (κ2) is 8.02. The van der Waals surface area contributed by atoms with E-state index in [2.05, 4.69) is 20.2 Å². The molecule has 0 bridgehead atoms. The van der Waals surface area contributed by atoms with E-state index in [0.29, 0.717) is 29.4 Å². The van der Waals surface area contributed by atoms with Crippen LogP contribution < -0.4 is 10.2 Å². The Kier molecular flexibility index (Phi) is 5.79. The third-order valence-electron chi connectivity index (χ3n) is 3.18. The lowest BCUT2D eigenvalue weighted by Crippen LogP contribution is -2.44. The van der Waals surface area contributed by atoms with Crippen LogP contribution in [0.1, 0.15) is 16.1 Å². The lowest BCUT2D eigenvalue weighted by molar-refractivity contribution is -0.134. The van der Waals surface area contributed by atoms with Crippen molar-refractivity contribution < 1.29 is 29.3 Å². The summed E-state index contributed by atoms with van der Waals surface area (Å²) in [5.74, 6) is -2.14. The molecule has 0 aromatic carbocycles. The van der Waals surface area contributed by atoms with Crippen molar-refractivity contribution in [2.75, 3.05) is 31.1 Å². The Morgan fingerprint density at radius 2 is 1.83 bits per heavy atom. The van der Waals surface area contributed by atoms with Crippen LogP contribution >= 0.6 is 0 Å². The van der Waals surface area contributed by atoms with Crippen LogP contribution in [0.2, 0.25) is 0 Å². The second-order valence-corrected chi connectivity index (χ2v) is 4.85. The van der Waals surface area contributed by atoms with E-state index >= 15 is 0 Å². The predicted octanol–water partition coefficient (Wildman–Crippen LogP) is -0.732. The molecule has 0 atom stereocenters. The van der Waals surface area contributed by atoms with Gasteiger partial charge in [0.1, 0.15) is 12.2 Å². The number of carbonyl (C=O) groups excluding carboxylic acids is 1. The summed E-state index contributed by atoms with van der Waals surface area (Å²) in [4.78, 5) is 41.0. The summed E-state index contributed by atoms with van der Waals surface area (Å²) in [5.41, 5.74) is 1.20. The Morgan fingerprint density at radius 1 is 1.21 bits per heavy atom. The first-order chi connectivity index (χ1) is 11.5. The molecule has 0 amide bonds. The Labute approximate surface area is 136 Å². The molecule has 24 heavy (non-hydrogen) atoms. The zero-order chi connectivity index (χ0) is 17.5. The summed E-state index contributed by atoms with van der Waals surface area (Å²) in [7, 11) is 0. The minimum absolute atomic E-state index is 0.274. The average Bonchev–Trinajstić information content (AvgIpc) is 2.95. The number of carbonyl (C=O) groups is 3. The number of esters is 1. The third-order valence-corrected chi connectivity index (χ3v) is 3.18. The van der Waals surface area contributed by atoms with Crippen LogP contribution in [0.4, 0.5) is 5.95 Å². The molecule has 2 aliphatic rings. The summed E-state index contributed by atoms with van der Waals surface area (Å²) < 4.78 is 4.89. The molecule has 3 N–H and O–H groups in total. The summed E-state index contributed by atoms with van der Waals surface area (Å²) in [6.45, 7) is 3.95. The number of hydrogen-bond acceptors (Lipinski definition) is 8. The molecule has 1 aromatic rings. The fourth-order valence-electron chi connectivity index (χ4n) is 2.06. The van der Waals surface area contributed by atoms with E-state index in [1.165, 1.54) is 0 Å². The van der Waals surface area contributed by atoms with Gasteiger partial charge in [-0.15, -0.1) is 0 Å². The van der Waals surface area contributed by atoms with Gasteiger partial charge in [-0.3, -0.25) is 0 Å². The number of anilines is 1. The largest absolute Gasteiger partial charge is 0.478 e. The Morgan fingerprint density at radius 3 is 2.42 bits per heavy atom. The normalized spacial score (nSPS) is 16.2. The zero-order valence-electron chi connectivity index (χ0n) is 12.6. The van der Waals surface area contributed by atoms with E-state index in [0.717, 1.165) is 26.2 Å². The van der Waals surface area contributed by atoms with Crippen molar-refractivity contribution in [1.29, 1.82) is 0 Å². The van der Waals surface area contributed by atoms with Crippen LogP contribution in [-0.2, 0) is 20.9 Å². The SMILES string of the molecule is O=C(O)C=CC(=O)O.O=C1OCc2nc(N3CCNCC3)ncc21. The van der Waals surface area contributed by atoms with Crippen molar-refractivity contribution in [3.63, 3.8) is 0 Å². The van der Waals surface area contributed by atoms with Gasteiger partial charge in [-0.1, -0.05) is 0 Å². The molecule has 1 fully saturated rings. The first kappa shape index (κ1) is 17.3. The molecule has 0 saturated carbocycles. The number of piperazine rings is 1. The van der Waals surface area contributed by atoms with E-state index in [9.17, 15) is 14.4 Å². The number of fused-ring (bicyclic) bond motifs is 1. The van der Waals surface area contributed by atoms with Gasteiger partial charge in [-0.2, -0.15) is 0 Å². The Bertz CT molecular complexity index is 653. The summed E-state index contributed by atoms with van der Waals surface area (Å²) >= 11 is 0. The van der Waals surface area contributed by atoms with Gasteiger partial charge in [0.2, 0.25) is 5.95 Å². The average molecular weight is 336 g/mol. The molecule has 0 unspecified atom stereocenters. The maximum absolute atomic E-state index is 11.2. The highest BCUT2D eigenvalue weighted by atomic mass is 16.5. The van der Waals surface area contributed by atoms with Crippen LogP contribution in [0.15, 0.2) is 18.3 Å². The fourth-order valence-corrected chi connectivity index (χ4v) is 2.06. The molecule has 1 saturated heterocycles. The molecule has 10 nitrogen and oxygen atoms in total. The minimum Gasteiger partial charge on any atom is -0.478 e. The van der Waals surface area contributed by atoms with Gasteiger partial charge < -0.3 is 25.2 Å². The summed E-state index contributed by atoms with van der Waals surface area (Å²) in [6, 6.07) is 0. The third kappa shape index (κ3) is 4.74. The number of hydrogen-bond donors (Lipinski definition) is 3. The van der Waals surface area contributed by atoms with Crippen LogP contribution in [-0.4, -0.2) is 64.3 Å². The summed E-state index contributed by atoms with van der Waals surface area (Å²) in [5, 5.41) is 18.9. The maximum atomic E-state index is 11.2. The highest BCUT2D eigenvalue weighted by molar-refractivity contribution is 5.92. The van der Waals surface area contributed by atoms with Crippen LogP contribution in [0, 0.1) is 0 Å². The molecular weight excluding hydrogens is 320 g/mol. The van der Waals surface area contributed by atoms with Crippen LogP contribution in [0.5, 0.6) is 0 Å². The number of aromatic nitrogens is 2. The lowest BCUT2D eigenvalue weighted by Gasteiger charge is -2.27. The number of carboxylic acids is 2. The molecule has 0 radical (unpaired) electrons. The van der Waals surface area contributed by atoms with Crippen molar-refractivity contribution in [1.82, 2.24) is 15.3 Å². The van der Waals surface area contributed by atoms with Crippen molar-refractivity contribution in [3.05, 3.63) is 29.6 Å². The lowest BCUT2D eigenvalue weighted by atomic mass is 10.3. The molecule has 1 aromatic heterocycles. The number of carboxylic acid groups (broad SMARTS) is 2. The van der Waals surface area contributed by atoms with Gasteiger partial charge in [0.05, 0.1) is 5.69 Å². The number of nitrogens with one attached hydrogen (secondary N) is 1. The maximum Gasteiger partial charge on any atom is 0.342 e.